The summed E-state index contributed by atoms with van der Waals surface area (Å²) in [5.41, 5.74) is 0.516. The molecule has 3 heterocycles. The summed E-state index contributed by atoms with van der Waals surface area (Å²) in [4.78, 5) is 51.8. The lowest BCUT2D eigenvalue weighted by Gasteiger charge is -2.13. The summed E-state index contributed by atoms with van der Waals surface area (Å²) in [5.74, 6) is -3.75. The number of methoxy groups -OCH3 is 2. The van der Waals surface area contributed by atoms with Crippen LogP contribution in [0.15, 0.2) is 24.3 Å². The lowest BCUT2D eigenvalue weighted by Crippen LogP contribution is -2.13. The standard InChI is InChI=1S/C29H28FNO10S2/c1-14(29(36)37)9-18(33)24-11-16-22(43-24)13-20(28(31-16)39-3)40-7-4-8-41-27-19(38-2)12-21-15(26(27)30)10-23(42-21)17(32)5-6-25(34)35/h10-14H,4-9H2,1-3H3,(H,34,35)(H,36,37)/t14-/m0/s1. The Morgan fingerprint density at radius 1 is 0.884 bits per heavy atom. The molecule has 1 aromatic carbocycles. The van der Waals surface area contributed by atoms with Gasteiger partial charge in [-0.2, -0.15) is 0 Å². The van der Waals surface area contributed by atoms with Gasteiger partial charge in [0.05, 0.1) is 59.7 Å². The van der Waals surface area contributed by atoms with Gasteiger partial charge in [0.25, 0.3) is 5.88 Å². The van der Waals surface area contributed by atoms with E-state index in [9.17, 15) is 19.2 Å². The van der Waals surface area contributed by atoms with E-state index >= 15 is 4.39 Å². The zero-order valence-corrected chi connectivity index (χ0v) is 25.1. The molecule has 0 spiro atoms. The molecule has 0 amide bonds. The van der Waals surface area contributed by atoms with Crippen molar-refractivity contribution >= 4 is 66.5 Å². The molecule has 0 aliphatic heterocycles. The number of carboxylic acids is 2. The van der Waals surface area contributed by atoms with Crippen molar-refractivity contribution in [3.63, 3.8) is 0 Å². The molecule has 43 heavy (non-hydrogen) atoms. The fraction of sp³-hybridized carbons (Fsp3) is 0.345. The van der Waals surface area contributed by atoms with Gasteiger partial charge in [0.1, 0.15) is 0 Å². The molecule has 4 aromatic rings. The number of pyridine rings is 1. The molecule has 0 fully saturated rings. The largest absolute Gasteiger partial charge is 0.493 e. The first-order valence-corrected chi connectivity index (χ1v) is 14.7. The number of fused-ring (bicyclic) bond motifs is 2. The topological polar surface area (TPSA) is 159 Å². The lowest BCUT2D eigenvalue weighted by atomic mass is 10.0. The van der Waals surface area contributed by atoms with Gasteiger partial charge < -0.3 is 29.2 Å². The van der Waals surface area contributed by atoms with Crippen LogP contribution in [-0.4, -0.2) is 66.1 Å². The van der Waals surface area contributed by atoms with Crippen molar-refractivity contribution in [3.05, 3.63) is 39.8 Å². The van der Waals surface area contributed by atoms with Crippen LogP contribution in [0.3, 0.4) is 0 Å². The molecule has 0 aliphatic carbocycles. The molecule has 0 radical (unpaired) electrons. The van der Waals surface area contributed by atoms with Gasteiger partial charge in [-0.15, -0.1) is 22.7 Å². The molecular formula is C29H28FNO10S2. The highest BCUT2D eigenvalue weighted by atomic mass is 32.1. The molecule has 3 aromatic heterocycles. The van der Waals surface area contributed by atoms with Crippen molar-refractivity contribution in [2.75, 3.05) is 27.4 Å². The maximum absolute atomic E-state index is 15.4. The molecular weight excluding hydrogens is 605 g/mol. The summed E-state index contributed by atoms with van der Waals surface area (Å²) in [6.45, 7) is 1.69. The van der Waals surface area contributed by atoms with Gasteiger partial charge in [-0.25, -0.2) is 9.37 Å². The van der Waals surface area contributed by atoms with Crippen LogP contribution in [0, 0.1) is 11.7 Å². The van der Waals surface area contributed by atoms with Crippen molar-refractivity contribution in [1.82, 2.24) is 4.98 Å². The Kier molecular flexibility index (Phi) is 10.1. The quantitative estimate of drug-likeness (QED) is 0.112. The van der Waals surface area contributed by atoms with Gasteiger partial charge >= 0.3 is 11.9 Å². The molecule has 14 heteroatoms. The second-order valence-electron chi connectivity index (χ2n) is 9.47. The minimum absolute atomic E-state index is 0.0602. The van der Waals surface area contributed by atoms with E-state index in [0.717, 1.165) is 11.3 Å². The van der Waals surface area contributed by atoms with E-state index in [-0.39, 0.29) is 71.7 Å². The van der Waals surface area contributed by atoms with E-state index in [4.69, 9.17) is 29.2 Å². The van der Waals surface area contributed by atoms with Gasteiger partial charge in [0.15, 0.2) is 34.6 Å². The number of Topliss-reactive ketones (excluding diaryl/α,β-unsaturated/α-hetero) is 2. The number of carboxylic acid groups (broad SMARTS) is 2. The van der Waals surface area contributed by atoms with Gasteiger partial charge in [-0.1, -0.05) is 6.92 Å². The second-order valence-corrected chi connectivity index (χ2v) is 11.6. The maximum Gasteiger partial charge on any atom is 0.306 e. The van der Waals surface area contributed by atoms with E-state index in [1.54, 1.807) is 18.2 Å². The molecule has 0 bridgehead atoms. The van der Waals surface area contributed by atoms with E-state index < -0.39 is 23.7 Å². The fourth-order valence-corrected chi connectivity index (χ4v) is 6.10. The van der Waals surface area contributed by atoms with Gasteiger partial charge in [0.2, 0.25) is 0 Å². The summed E-state index contributed by atoms with van der Waals surface area (Å²) >= 11 is 2.23. The van der Waals surface area contributed by atoms with E-state index in [2.05, 4.69) is 4.98 Å². The first kappa shape index (κ1) is 31.6. The van der Waals surface area contributed by atoms with Crippen LogP contribution in [0.5, 0.6) is 23.1 Å². The van der Waals surface area contributed by atoms with Crippen LogP contribution in [0.25, 0.3) is 20.3 Å². The van der Waals surface area contributed by atoms with Crippen LogP contribution >= 0.6 is 22.7 Å². The smallest absolute Gasteiger partial charge is 0.306 e. The number of thiophene rings is 2. The summed E-state index contributed by atoms with van der Waals surface area (Å²) in [6, 6.07) is 6.24. The predicted octanol–water partition coefficient (Wildman–Crippen LogP) is 5.86. The number of aliphatic carboxylic acids is 2. The number of nitrogens with zero attached hydrogens (tertiary/aromatic N) is 1. The molecule has 228 valence electrons. The third-order valence-corrected chi connectivity index (χ3v) is 8.59. The number of carbonyl (C=O) groups excluding carboxylic acids is 2. The first-order valence-electron chi connectivity index (χ1n) is 13.1. The van der Waals surface area contributed by atoms with Gasteiger partial charge in [-0.05, 0) is 12.1 Å². The molecule has 1 atom stereocenters. The third-order valence-electron chi connectivity index (χ3n) is 6.35. The number of carbonyl (C=O) groups is 4. The highest BCUT2D eigenvalue weighted by Crippen LogP contribution is 2.40. The Labute approximate surface area is 252 Å². The van der Waals surface area contributed by atoms with Crippen LogP contribution in [-0.2, 0) is 9.59 Å². The monoisotopic (exact) mass is 633 g/mol. The van der Waals surface area contributed by atoms with Gasteiger partial charge in [-0.3, -0.25) is 19.2 Å². The normalized spacial score (nSPS) is 11.8. The summed E-state index contributed by atoms with van der Waals surface area (Å²) in [5, 5.41) is 18.1. The van der Waals surface area contributed by atoms with E-state index in [1.165, 1.54) is 38.5 Å². The molecule has 0 saturated carbocycles. The molecule has 2 N–H and O–H groups in total. The first-order chi connectivity index (χ1) is 20.5. The minimum atomic E-state index is -1.09. The number of rotatable bonds is 16. The fourth-order valence-electron chi connectivity index (χ4n) is 4.07. The third kappa shape index (κ3) is 7.38. The van der Waals surface area contributed by atoms with Crippen molar-refractivity contribution in [1.29, 1.82) is 0 Å². The van der Waals surface area contributed by atoms with Crippen LogP contribution in [0.1, 0.15) is 52.0 Å². The number of aromatic nitrogens is 1. The Bertz CT molecular complexity index is 1700. The van der Waals surface area contributed by atoms with E-state index in [1.807, 2.05) is 0 Å². The average Bonchev–Trinajstić information content (AvgIpc) is 3.60. The number of ether oxygens (including phenoxy) is 4. The Hall–Kier alpha value is -4.30. The highest BCUT2D eigenvalue weighted by Gasteiger charge is 2.22. The lowest BCUT2D eigenvalue weighted by molar-refractivity contribution is -0.141. The minimum Gasteiger partial charge on any atom is -0.493 e. The van der Waals surface area contributed by atoms with E-state index in [0.29, 0.717) is 32.0 Å². The van der Waals surface area contributed by atoms with Crippen LogP contribution in [0.2, 0.25) is 0 Å². The van der Waals surface area contributed by atoms with Crippen LogP contribution < -0.4 is 18.9 Å². The number of ketones is 2. The van der Waals surface area contributed by atoms with Crippen molar-refractivity contribution in [2.24, 2.45) is 5.92 Å². The average molecular weight is 634 g/mol. The summed E-state index contributed by atoms with van der Waals surface area (Å²) in [7, 11) is 2.80. The SMILES string of the molecule is COc1cc2sc(C(=O)CCC(=O)O)cc2c(F)c1OCCCOc1cc2sc(C(=O)C[C@H](C)C(=O)O)cc2nc1OC. The van der Waals surface area contributed by atoms with Gasteiger partial charge in [0, 0.05) is 41.5 Å². The zero-order valence-electron chi connectivity index (χ0n) is 23.4. The Morgan fingerprint density at radius 3 is 2.23 bits per heavy atom. The summed E-state index contributed by atoms with van der Waals surface area (Å²) < 4.78 is 38.7. The zero-order chi connectivity index (χ0) is 31.3. The van der Waals surface area contributed by atoms with Crippen molar-refractivity contribution < 1.29 is 52.7 Å². The maximum atomic E-state index is 15.4. The number of halogens is 1. The molecule has 4 rings (SSSR count). The molecule has 11 nitrogen and oxygen atoms in total. The second kappa shape index (κ2) is 13.8. The highest BCUT2D eigenvalue weighted by molar-refractivity contribution is 7.21. The number of benzene rings is 1. The molecule has 0 aliphatic rings. The predicted molar refractivity (Wildman–Crippen MR) is 157 cm³/mol. The van der Waals surface area contributed by atoms with Crippen molar-refractivity contribution in [2.45, 2.75) is 32.6 Å². The van der Waals surface area contributed by atoms with Crippen LogP contribution in [0.4, 0.5) is 4.39 Å². The summed E-state index contributed by atoms with van der Waals surface area (Å²) in [6.07, 6.45) is -0.284. The molecule has 0 unspecified atom stereocenters. The number of hydrogen-bond donors (Lipinski definition) is 2. The van der Waals surface area contributed by atoms with Crippen molar-refractivity contribution in [3.8, 4) is 23.1 Å². The Morgan fingerprint density at radius 2 is 1.56 bits per heavy atom. The number of hydrogen-bond acceptors (Lipinski definition) is 11. The molecule has 0 saturated heterocycles. The Balaban J connectivity index is 1.40.